The van der Waals surface area contributed by atoms with Crippen molar-refractivity contribution in [3.63, 3.8) is 0 Å². The van der Waals surface area contributed by atoms with Crippen LogP contribution in [-0.4, -0.2) is 31.7 Å². The number of anilines is 1. The van der Waals surface area contributed by atoms with Crippen molar-refractivity contribution < 1.29 is 13.2 Å². The Bertz CT molecular complexity index is 1560. The molecule has 1 N–H and O–H groups in total. The first kappa shape index (κ1) is 26.2. The molecule has 0 fully saturated rings. The third-order valence-electron chi connectivity index (χ3n) is 5.86. The number of hydrogen-bond donors (Lipinski definition) is 1. The van der Waals surface area contributed by atoms with Gasteiger partial charge in [0.2, 0.25) is 0 Å². The van der Waals surface area contributed by atoms with Crippen molar-refractivity contribution >= 4 is 39.4 Å². The van der Waals surface area contributed by atoms with Gasteiger partial charge in [-0.25, -0.2) is 13.8 Å². The number of para-hydroxylation sites is 1. The van der Waals surface area contributed by atoms with Crippen molar-refractivity contribution in [2.45, 2.75) is 25.7 Å². The van der Waals surface area contributed by atoms with Crippen LogP contribution in [0.4, 0.5) is 5.69 Å². The minimum absolute atomic E-state index is 0.0971. The first-order valence-electron chi connectivity index (χ1n) is 11.6. The lowest BCUT2D eigenvalue weighted by Gasteiger charge is -2.24. The lowest BCUT2D eigenvalue weighted by atomic mass is 10.2. The topological polar surface area (TPSA) is 83.8 Å². The highest BCUT2D eigenvalue weighted by molar-refractivity contribution is 7.92. The first-order valence-corrected chi connectivity index (χ1v) is 13.4. The molecule has 7 nitrogen and oxygen atoms in total. The van der Waals surface area contributed by atoms with E-state index in [4.69, 9.17) is 11.6 Å². The van der Waals surface area contributed by atoms with E-state index in [0.717, 1.165) is 32.5 Å². The average Bonchev–Trinajstić information content (AvgIpc) is 3.16. The van der Waals surface area contributed by atoms with Crippen LogP contribution in [0.25, 0.3) is 5.69 Å². The Kier molecular flexibility index (Phi) is 7.80. The Morgan fingerprint density at radius 3 is 2.38 bits per heavy atom. The zero-order valence-corrected chi connectivity index (χ0v) is 22.3. The second kappa shape index (κ2) is 11.0. The van der Waals surface area contributed by atoms with Crippen LogP contribution in [0.5, 0.6) is 0 Å². The molecular formula is C28H27ClN4O3S. The van der Waals surface area contributed by atoms with Gasteiger partial charge >= 0.3 is 0 Å². The summed E-state index contributed by atoms with van der Waals surface area (Å²) in [5, 5.41) is 4.72. The number of sulfonamides is 1. The summed E-state index contributed by atoms with van der Waals surface area (Å²) < 4.78 is 29.9. The summed E-state index contributed by atoms with van der Waals surface area (Å²) >= 11 is 6.38. The Morgan fingerprint density at radius 2 is 1.68 bits per heavy atom. The molecule has 0 unspecified atom stereocenters. The maximum Gasteiger partial charge on any atom is 0.264 e. The Balaban J connectivity index is 1.55. The van der Waals surface area contributed by atoms with Gasteiger partial charge in [0.15, 0.2) is 0 Å². The van der Waals surface area contributed by atoms with E-state index in [2.05, 4.69) is 10.5 Å². The van der Waals surface area contributed by atoms with Crippen LogP contribution < -0.4 is 9.73 Å². The fourth-order valence-corrected chi connectivity index (χ4v) is 5.73. The highest BCUT2D eigenvalue weighted by Gasteiger charge is 2.27. The number of aryl methyl sites for hydroxylation is 2. The quantitative estimate of drug-likeness (QED) is 0.242. The molecule has 0 aliphatic rings. The van der Waals surface area contributed by atoms with Crippen LogP contribution in [0.3, 0.4) is 0 Å². The fraction of sp³-hybridized carbons (Fsp3) is 0.143. The zero-order chi connectivity index (χ0) is 26.6. The number of benzene rings is 3. The monoisotopic (exact) mass is 534 g/mol. The molecule has 1 amide bonds. The highest BCUT2D eigenvalue weighted by atomic mass is 35.5. The Labute approximate surface area is 222 Å². The summed E-state index contributed by atoms with van der Waals surface area (Å²) in [6.45, 7) is 5.32. The van der Waals surface area contributed by atoms with Gasteiger partial charge in [0.1, 0.15) is 6.54 Å². The van der Waals surface area contributed by atoms with E-state index in [-0.39, 0.29) is 4.90 Å². The maximum absolute atomic E-state index is 13.4. The number of hydrazone groups is 1. The van der Waals surface area contributed by atoms with Gasteiger partial charge in [-0.05, 0) is 68.8 Å². The van der Waals surface area contributed by atoms with Crippen molar-refractivity contribution in [1.82, 2.24) is 9.99 Å². The molecule has 3 aromatic carbocycles. The first-order chi connectivity index (χ1) is 17.7. The summed E-state index contributed by atoms with van der Waals surface area (Å²) in [5.74, 6) is -0.572. The standard InChI is InChI=1S/C28H27ClN4O3S/c1-20-10-9-11-24(16-20)32(37(35,36)25-12-5-4-6-13-25)19-28(34)31-30-18-23-17-21(2)33(22(23)3)27-15-8-7-14-26(27)29/h4-18H,19H2,1-3H3,(H,31,34)/b30-18+. The lowest BCUT2D eigenvalue weighted by Crippen LogP contribution is -2.39. The molecule has 0 aliphatic heterocycles. The second-order valence-electron chi connectivity index (χ2n) is 8.57. The van der Waals surface area contributed by atoms with Gasteiger partial charge in [-0.3, -0.25) is 9.10 Å². The highest BCUT2D eigenvalue weighted by Crippen LogP contribution is 2.26. The predicted molar refractivity (Wildman–Crippen MR) is 148 cm³/mol. The van der Waals surface area contributed by atoms with Gasteiger partial charge in [-0.15, -0.1) is 0 Å². The molecule has 37 heavy (non-hydrogen) atoms. The number of nitrogens with one attached hydrogen (secondary N) is 1. The van der Waals surface area contributed by atoms with Crippen LogP contribution in [0.2, 0.25) is 5.02 Å². The van der Waals surface area contributed by atoms with E-state index < -0.39 is 22.5 Å². The van der Waals surface area contributed by atoms with Crippen molar-refractivity contribution in [3.05, 3.63) is 112 Å². The van der Waals surface area contributed by atoms with Crippen molar-refractivity contribution in [1.29, 1.82) is 0 Å². The summed E-state index contributed by atoms with van der Waals surface area (Å²) in [6.07, 6.45) is 1.54. The van der Waals surface area contributed by atoms with Gasteiger partial charge < -0.3 is 4.57 Å². The van der Waals surface area contributed by atoms with Gasteiger partial charge in [0, 0.05) is 17.0 Å². The van der Waals surface area contributed by atoms with Gasteiger partial charge in [-0.2, -0.15) is 5.10 Å². The van der Waals surface area contributed by atoms with Crippen LogP contribution in [0.15, 0.2) is 94.9 Å². The van der Waals surface area contributed by atoms with Gasteiger partial charge in [-0.1, -0.05) is 54.1 Å². The smallest absolute Gasteiger partial charge is 0.264 e. The van der Waals surface area contributed by atoms with Crippen molar-refractivity contribution in [2.24, 2.45) is 5.10 Å². The SMILES string of the molecule is Cc1cccc(N(CC(=O)N/N=C/c2cc(C)n(-c3ccccc3Cl)c2C)S(=O)(=O)c2ccccc2)c1. The number of carbonyl (C=O) groups is 1. The third kappa shape index (κ3) is 5.76. The zero-order valence-electron chi connectivity index (χ0n) is 20.7. The minimum atomic E-state index is -3.98. The number of amides is 1. The number of aromatic nitrogens is 1. The summed E-state index contributed by atoms with van der Waals surface area (Å²) in [6, 6.07) is 24.5. The molecule has 1 heterocycles. The van der Waals surface area contributed by atoms with Crippen LogP contribution in [-0.2, 0) is 14.8 Å². The minimum Gasteiger partial charge on any atom is -0.316 e. The number of carbonyl (C=O) groups excluding carboxylic acids is 1. The average molecular weight is 535 g/mol. The number of halogens is 1. The summed E-state index contributed by atoms with van der Waals surface area (Å²) in [5.41, 5.74) is 7.24. The van der Waals surface area contributed by atoms with Crippen LogP contribution >= 0.6 is 11.6 Å². The van der Waals surface area contributed by atoms with Gasteiger partial charge in [0.25, 0.3) is 15.9 Å². The maximum atomic E-state index is 13.4. The predicted octanol–water partition coefficient (Wildman–Crippen LogP) is 5.40. The Morgan fingerprint density at radius 1 is 0.973 bits per heavy atom. The van der Waals surface area contributed by atoms with Crippen molar-refractivity contribution in [3.8, 4) is 5.69 Å². The van der Waals surface area contributed by atoms with E-state index >= 15 is 0 Å². The van der Waals surface area contributed by atoms with Crippen LogP contribution in [0, 0.1) is 20.8 Å². The van der Waals surface area contributed by atoms with E-state index in [1.165, 1.54) is 18.3 Å². The van der Waals surface area contributed by atoms with E-state index in [9.17, 15) is 13.2 Å². The molecule has 1 aromatic heterocycles. The summed E-state index contributed by atoms with van der Waals surface area (Å²) in [7, 11) is -3.98. The molecule has 9 heteroatoms. The number of nitrogens with zero attached hydrogens (tertiary/aromatic N) is 3. The molecular weight excluding hydrogens is 508 g/mol. The second-order valence-corrected chi connectivity index (χ2v) is 10.8. The van der Waals surface area contributed by atoms with Crippen molar-refractivity contribution in [2.75, 3.05) is 10.8 Å². The molecule has 0 atom stereocenters. The number of rotatable bonds is 8. The normalized spacial score (nSPS) is 11.6. The largest absolute Gasteiger partial charge is 0.316 e. The molecule has 0 saturated carbocycles. The van der Waals surface area contributed by atoms with E-state index in [1.54, 1.807) is 36.4 Å². The molecule has 4 rings (SSSR count). The molecule has 0 radical (unpaired) electrons. The molecule has 4 aromatic rings. The molecule has 0 bridgehead atoms. The third-order valence-corrected chi connectivity index (χ3v) is 7.97. The van der Waals surface area contributed by atoms with E-state index in [1.807, 2.05) is 61.7 Å². The number of hydrogen-bond acceptors (Lipinski definition) is 4. The van der Waals surface area contributed by atoms with E-state index in [0.29, 0.717) is 10.7 Å². The van der Waals surface area contributed by atoms with Crippen LogP contribution in [0.1, 0.15) is 22.5 Å². The molecule has 0 aliphatic carbocycles. The molecule has 0 saturated heterocycles. The van der Waals surface area contributed by atoms with Gasteiger partial charge in [0.05, 0.1) is 27.5 Å². The molecule has 0 spiro atoms. The lowest BCUT2D eigenvalue weighted by molar-refractivity contribution is -0.119. The summed E-state index contributed by atoms with van der Waals surface area (Å²) in [4.78, 5) is 12.9. The molecule has 190 valence electrons. The Hall–Kier alpha value is -3.88. The fourth-order valence-electron chi connectivity index (χ4n) is 4.08.